The molecule has 0 radical (unpaired) electrons. The molecule has 33 heavy (non-hydrogen) atoms. The second-order valence-corrected chi connectivity index (χ2v) is 8.09. The average molecular weight is 576 g/mol. The van der Waals surface area contributed by atoms with Crippen LogP contribution in [0.15, 0.2) is 0 Å². The third-order valence-electron chi connectivity index (χ3n) is 2.36. The van der Waals surface area contributed by atoms with Crippen molar-refractivity contribution in [2.24, 2.45) is 0 Å². The van der Waals surface area contributed by atoms with Crippen LogP contribution in [0.1, 0.15) is 6.92 Å². The van der Waals surface area contributed by atoms with E-state index in [1.54, 1.807) is 0 Å². The molecule has 24 heteroatoms. The molecule has 0 amide bonds. The first-order valence-electron chi connectivity index (χ1n) is 6.65. The number of hydrogen-bond acceptors (Lipinski definition) is 6. The van der Waals surface area contributed by atoms with Crippen LogP contribution in [0.4, 0.5) is 61.5 Å². The molecule has 0 heterocycles. The van der Waals surface area contributed by atoms with Crippen LogP contribution < -0.4 is 0 Å². The van der Waals surface area contributed by atoms with Crippen molar-refractivity contribution >= 4 is 20.2 Å². The Labute approximate surface area is 173 Å². The smallest absolute Gasteiger partial charge is 0.394 e. The molecule has 0 bridgehead atoms. The average Bonchev–Trinajstić information content (AvgIpc) is 2.51. The highest BCUT2D eigenvalue weighted by molar-refractivity contribution is 7.87. The van der Waals surface area contributed by atoms with E-state index >= 15 is 0 Å². The van der Waals surface area contributed by atoms with Gasteiger partial charge in [0.1, 0.15) is 0 Å². The fraction of sp³-hybridized carbons (Fsp3) is 1.00. The molecule has 1 unspecified atom stereocenters. The van der Waals surface area contributed by atoms with Crippen LogP contribution in [0.5, 0.6) is 0 Å². The zero-order valence-corrected chi connectivity index (χ0v) is 16.4. The highest BCUT2D eigenvalue weighted by Crippen LogP contribution is 2.49. The molecule has 0 spiro atoms. The van der Waals surface area contributed by atoms with Gasteiger partial charge in [0.2, 0.25) is 0 Å². The first kappa shape index (κ1) is 36.3. The van der Waals surface area contributed by atoms with Gasteiger partial charge in [-0.3, -0.25) is 9.11 Å². The normalized spacial score (nSPS) is 15.6. The standard InChI is InChI=1S/2C3HF7O3S.C3H8O2/c2*4-1(5,2(6,7)8)3(9,10)14(11,12)13;1-3(5)2-4/h2*(H,11,12,13);3-5H,2H2,1H3. The molecule has 0 aliphatic carbocycles. The van der Waals surface area contributed by atoms with Crippen LogP contribution in [0, 0.1) is 0 Å². The Kier molecular flexibility index (Phi) is 11.6. The molecule has 0 aromatic heterocycles. The number of aliphatic hydroxyl groups excluding tert-OH is 2. The first-order chi connectivity index (χ1) is 13.8. The van der Waals surface area contributed by atoms with Gasteiger partial charge in [0.05, 0.1) is 12.7 Å². The summed E-state index contributed by atoms with van der Waals surface area (Å²) < 4.78 is 216. The summed E-state index contributed by atoms with van der Waals surface area (Å²) in [6.07, 6.45) is -14.1. The van der Waals surface area contributed by atoms with Crippen LogP contribution in [0.25, 0.3) is 0 Å². The van der Waals surface area contributed by atoms with Gasteiger partial charge in [-0.05, 0) is 6.92 Å². The van der Waals surface area contributed by atoms with Gasteiger partial charge in [0, 0.05) is 0 Å². The first-order valence-corrected chi connectivity index (χ1v) is 9.53. The quantitative estimate of drug-likeness (QED) is 0.289. The van der Waals surface area contributed by atoms with Crippen LogP contribution >= 0.6 is 0 Å². The highest BCUT2D eigenvalue weighted by atomic mass is 32.2. The van der Waals surface area contributed by atoms with Crippen LogP contribution in [0.3, 0.4) is 0 Å². The Balaban J connectivity index is -0.000000453. The molecule has 8 nitrogen and oxygen atoms in total. The Bertz CT molecular complexity index is 762. The second-order valence-electron chi connectivity index (χ2n) is 5.16. The predicted molar refractivity (Wildman–Crippen MR) is 73.8 cm³/mol. The zero-order chi connectivity index (χ0) is 28.3. The molecule has 0 aliphatic heterocycles. The summed E-state index contributed by atoms with van der Waals surface area (Å²) in [5, 5.41) is 2.78. The number of hydrogen-bond donors (Lipinski definition) is 4. The number of halogens is 14. The van der Waals surface area contributed by atoms with Gasteiger partial charge >= 0.3 is 54.9 Å². The lowest BCUT2D eigenvalue weighted by atomic mass is 10.3. The summed E-state index contributed by atoms with van der Waals surface area (Å²) in [5.41, 5.74) is 0. The van der Waals surface area contributed by atoms with E-state index < -0.39 is 61.0 Å². The molecular formula is C9H10F14O8S2. The summed E-state index contributed by atoms with van der Waals surface area (Å²) in [6, 6.07) is 0. The molecule has 0 fully saturated rings. The molecular weight excluding hydrogens is 566 g/mol. The van der Waals surface area contributed by atoms with E-state index in [2.05, 4.69) is 0 Å². The van der Waals surface area contributed by atoms with Crippen molar-refractivity contribution in [2.75, 3.05) is 6.61 Å². The van der Waals surface area contributed by atoms with E-state index in [1.807, 2.05) is 0 Å². The van der Waals surface area contributed by atoms with Crippen molar-refractivity contribution in [3.8, 4) is 0 Å². The van der Waals surface area contributed by atoms with Gasteiger partial charge < -0.3 is 10.2 Å². The summed E-state index contributed by atoms with van der Waals surface area (Å²) in [4.78, 5) is 0. The van der Waals surface area contributed by atoms with Crippen molar-refractivity contribution < 1.29 is 97.6 Å². The van der Waals surface area contributed by atoms with E-state index in [1.165, 1.54) is 6.92 Å². The van der Waals surface area contributed by atoms with Crippen molar-refractivity contribution in [3.63, 3.8) is 0 Å². The SMILES string of the molecule is CC(O)CO.O=S(=O)(O)C(F)(F)C(F)(F)C(F)(F)F.O=S(=O)(O)C(F)(F)C(F)(F)C(F)(F)F. The van der Waals surface area contributed by atoms with Gasteiger partial charge in [-0.1, -0.05) is 0 Å². The number of rotatable bonds is 5. The van der Waals surface area contributed by atoms with Crippen LogP contribution in [-0.4, -0.2) is 83.6 Å². The van der Waals surface area contributed by atoms with E-state index in [-0.39, 0.29) is 6.61 Å². The predicted octanol–water partition coefficient (Wildman–Crippen LogP) is 2.69. The lowest BCUT2D eigenvalue weighted by molar-refractivity contribution is -0.333. The summed E-state index contributed by atoms with van der Waals surface area (Å²) in [5.74, 6) is -13.7. The van der Waals surface area contributed by atoms with Crippen molar-refractivity contribution in [3.05, 3.63) is 0 Å². The molecule has 0 aromatic carbocycles. The fourth-order valence-electron chi connectivity index (χ4n) is 0.654. The minimum absolute atomic E-state index is 0.139. The van der Waals surface area contributed by atoms with Gasteiger partial charge in [0.25, 0.3) is 0 Å². The van der Waals surface area contributed by atoms with Crippen LogP contribution in [-0.2, 0) is 20.2 Å². The third-order valence-corrected chi connectivity index (χ3v) is 4.16. The maximum absolute atomic E-state index is 11.9. The topological polar surface area (TPSA) is 149 Å². The maximum atomic E-state index is 11.9. The summed E-state index contributed by atoms with van der Waals surface area (Å²) in [7, 11) is -13.7. The third kappa shape index (κ3) is 8.48. The lowest BCUT2D eigenvalue weighted by Crippen LogP contribution is -2.55. The molecule has 0 saturated heterocycles. The summed E-state index contributed by atoms with van der Waals surface area (Å²) in [6.45, 7) is 1.39. The van der Waals surface area contributed by atoms with Crippen molar-refractivity contribution in [2.45, 2.75) is 47.7 Å². The minimum atomic E-state index is -6.85. The van der Waals surface area contributed by atoms with E-state index in [9.17, 15) is 78.3 Å². The van der Waals surface area contributed by atoms with E-state index in [0.717, 1.165) is 0 Å². The van der Waals surface area contributed by atoms with E-state index in [0.29, 0.717) is 0 Å². The number of alkyl halides is 14. The molecule has 0 saturated carbocycles. The Morgan fingerprint density at radius 2 is 0.758 bits per heavy atom. The van der Waals surface area contributed by atoms with Gasteiger partial charge in [-0.2, -0.15) is 78.3 Å². The highest BCUT2D eigenvalue weighted by Gasteiger charge is 2.79. The van der Waals surface area contributed by atoms with Crippen LogP contribution in [0.2, 0.25) is 0 Å². The Morgan fingerprint density at radius 1 is 0.606 bits per heavy atom. The van der Waals surface area contributed by atoms with Crippen molar-refractivity contribution in [1.82, 2.24) is 0 Å². The fourth-order valence-corrected chi connectivity index (χ4v) is 1.53. The van der Waals surface area contributed by atoms with Gasteiger partial charge in [-0.25, -0.2) is 0 Å². The molecule has 0 aliphatic rings. The maximum Gasteiger partial charge on any atom is 0.461 e. The van der Waals surface area contributed by atoms with Gasteiger partial charge in [0.15, 0.2) is 0 Å². The molecule has 0 rings (SSSR count). The monoisotopic (exact) mass is 576 g/mol. The molecule has 4 N–H and O–H groups in total. The molecule has 0 aromatic rings. The Morgan fingerprint density at radius 3 is 0.788 bits per heavy atom. The number of aliphatic hydroxyl groups is 2. The zero-order valence-electron chi connectivity index (χ0n) is 14.8. The lowest BCUT2D eigenvalue weighted by Gasteiger charge is -2.25. The minimum Gasteiger partial charge on any atom is -0.394 e. The van der Waals surface area contributed by atoms with Crippen molar-refractivity contribution in [1.29, 1.82) is 0 Å². The second kappa shape index (κ2) is 10.6. The largest absolute Gasteiger partial charge is 0.461 e. The Hall–Kier alpha value is -1.24. The summed E-state index contributed by atoms with van der Waals surface area (Å²) >= 11 is 0. The molecule has 204 valence electrons. The molecule has 1 atom stereocenters. The van der Waals surface area contributed by atoms with E-state index in [4.69, 9.17) is 19.3 Å². The van der Waals surface area contributed by atoms with Gasteiger partial charge in [-0.15, -0.1) is 0 Å².